The minimum Gasteiger partial charge on any atom is -0.493 e. The number of benzene rings is 1. The Kier molecular flexibility index (Phi) is 5.13. The van der Waals surface area contributed by atoms with E-state index in [0.29, 0.717) is 33.1 Å². The van der Waals surface area contributed by atoms with Crippen LogP contribution in [0.3, 0.4) is 0 Å². The largest absolute Gasteiger partial charge is 0.493 e. The number of rotatable bonds is 4. The predicted molar refractivity (Wildman–Crippen MR) is 84.8 cm³/mol. The Morgan fingerprint density at radius 2 is 1.48 bits per heavy atom. The highest BCUT2D eigenvalue weighted by molar-refractivity contribution is 9.10. The van der Waals surface area contributed by atoms with Crippen molar-refractivity contribution in [2.75, 3.05) is 21.3 Å². The topological polar surface area (TPSA) is 53.5 Å². The molecule has 21 heavy (non-hydrogen) atoms. The Morgan fingerprint density at radius 3 is 1.95 bits per heavy atom. The molecule has 0 amide bonds. The second-order valence-electron chi connectivity index (χ2n) is 3.82. The quantitative estimate of drug-likeness (QED) is 0.727. The van der Waals surface area contributed by atoms with E-state index in [1.54, 1.807) is 19.2 Å². The molecule has 8 heteroatoms. The van der Waals surface area contributed by atoms with Gasteiger partial charge in [-0.25, -0.2) is 9.97 Å². The van der Waals surface area contributed by atoms with Gasteiger partial charge in [0, 0.05) is 0 Å². The summed E-state index contributed by atoms with van der Waals surface area (Å²) in [6, 6.07) is 3.47. The first-order valence-electron chi connectivity index (χ1n) is 5.71. The Hall–Kier alpha value is -1.24. The zero-order valence-corrected chi connectivity index (χ0v) is 14.5. The molecule has 0 aliphatic heterocycles. The summed E-state index contributed by atoms with van der Waals surface area (Å²) in [5, 5.41) is 0.420. The zero-order valence-electron chi connectivity index (χ0n) is 11.4. The number of nitrogens with zero attached hydrogens (tertiary/aromatic N) is 2. The molecule has 1 heterocycles. The van der Waals surface area contributed by atoms with Crippen LogP contribution in [0.25, 0.3) is 11.4 Å². The summed E-state index contributed by atoms with van der Waals surface area (Å²) < 4.78 is 16.4. The maximum atomic E-state index is 6.02. The van der Waals surface area contributed by atoms with Gasteiger partial charge in [0.15, 0.2) is 17.3 Å². The van der Waals surface area contributed by atoms with Gasteiger partial charge in [-0.3, -0.25) is 0 Å². The van der Waals surface area contributed by atoms with Gasteiger partial charge in [0.05, 0.1) is 31.4 Å². The highest BCUT2D eigenvalue weighted by Gasteiger charge is 2.20. The van der Waals surface area contributed by atoms with Crippen LogP contribution in [0.1, 0.15) is 0 Å². The summed E-state index contributed by atoms with van der Waals surface area (Å²) in [5.74, 6) is 1.74. The Morgan fingerprint density at radius 1 is 0.905 bits per heavy atom. The van der Waals surface area contributed by atoms with Crippen molar-refractivity contribution >= 4 is 39.1 Å². The van der Waals surface area contributed by atoms with E-state index in [9.17, 15) is 0 Å². The first-order chi connectivity index (χ1) is 10.0. The van der Waals surface area contributed by atoms with Gasteiger partial charge >= 0.3 is 0 Å². The summed E-state index contributed by atoms with van der Waals surface area (Å²) in [4.78, 5) is 8.38. The number of hydrogen-bond donors (Lipinski definition) is 0. The van der Waals surface area contributed by atoms with Crippen LogP contribution >= 0.6 is 39.1 Å². The molecule has 1 aromatic heterocycles. The zero-order chi connectivity index (χ0) is 15.6. The van der Waals surface area contributed by atoms with Crippen LogP contribution in [0, 0.1) is 0 Å². The lowest BCUT2D eigenvalue weighted by atomic mass is 10.1. The van der Waals surface area contributed by atoms with Crippen LogP contribution < -0.4 is 14.2 Å². The number of hydrogen-bond acceptors (Lipinski definition) is 5. The standard InChI is InChI=1S/C13H11BrCl2N2O3/c1-19-7-5-4-6(9(20-2)10(7)21-3)13-17-11(15)8(14)12(16)18-13/h4-5H,1-3H3. The Balaban J connectivity index is 2.69. The van der Waals surface area contributed by atoms with Crippen molar-refractivity contribution in [3.63, 3.8) is 0 Å². The average Bonchev–Trinajstić information content (AvgIpc) is 2.50. The molecule has 5 nitrogen and oxygen atoms in total. The van der Waals surface area contributed by atoms with Crippen molar-refractivity contribution in [1.82, 2.24) is 9.97 Å². The van der Waals surface area contributed by atoms with Crippen LogP contribution in [-0.4, -0.2) is 31.3 Å². The van der Waals surface area contributed by atoms with Gasteiger partial charge < -0.3 is 14.2 Å². The van der Waals surface area contributed by atoms with Gasteiger partial charge in [0.25, 0.3) is 0 Å². The molecule has 0 unspecified atom stereocenters. The molecule has 0 fully saturated rings. The van der Waals surface area contributed by atoms with Crippen molar-refractivity contribution in [1.29, 1.82) is 0 Å². The van der Waals surface area contributed by atoms with Gasteiger partial charge in [0.2, 0.25) is 5.75 Å². The SMILES string of the molecule is COc1ccc(-c2nc(Cl)c(Br)c(Cl)n2)c(OC)c1OC. The summed E-state index contributed by atoms with van der Waals surface area (Å²) in [6.07, 6.45) is 0. The number of halogens is 3. The molecule has 112 valence electrons. The van der Waals surface area contributed by atoms with Crippen molar-refractivity contribution in [2.24, 2.45) is 0 Å². The van der Waals surface area contributed by atoms with E-state index in [4.69, 9.17) is 37.4 Å². The maximum Gasteiger partial charge on any atom is 0.204 e. The van der Waals surface area contributed by atoms with Gasteiger partial charge in [-0.1, -0.05) is 23.2 Å². The van der Waals surface area contributed by atoms with Crippen LogP contribution in [0.15, 0.2) is 16.6 Å². The molecule has 0 radical (unpaired) electrons. The lowest BCUT2D eigenvalue weighted by Crippen LogP contribution is -1.99. The molecule has 0 aliphatic rings. The van der Waals surface area contributed by atoms with Gasteiger partial charge in [-0.2, -0.15) is 0 Å². The first-order valence-corrected chi connectivity index (χ1v) is 7.26. The monoisotopic (exact) mass is 392 g/mol. The third kappa shape index (κ3) is 3.02. The van der Waals surface area contributed by atoms with Gasteiger partial charge in [-0.15, -0.1) is 0 Å². The molecule has 2 aromatic rings. The number of ether oxygens (including phenoxy) is 3. The van der Waals surface area contributed by atoms with Crippen molar-refractivity contribution in [3.8, 4) is 28.6 Å². The average molecular weight is 394 g/mol. The Bertz CT molecular complexity index is 660. The fourth-order valence-electron chi connectivity index (χ4n) is 1.79. The summed E-state index contributed by atoms with van der Waals surface area (Å²) >= 11 is 15.2. The van der Waals surface area contributed by atoms with E-state index in [1.807, 2.05) is 0 Å². The predicted octanol–water partition coefficient (Wildman–Crippen LogP) is 4.24. The van der Waals surface area contributed by atoms with Crippen LogP contribution in [0.4, 0.5) is 0 Å². The minimum absolute atomic E-state index is 0.210. The molecule has 0 spiro atoms. The molecule has 1 aromatic carbocycles. The molecule has 2 rings (SSSR count). The van der Waals surface area contributed by atoms with E-state index >= 15 is 0 Å². The molecule has 0 N–H and O–H groups in total. The van der Waals surface area contributed by atoms with E-state index < -0.39 is 0 Å². The van der Waals surface area contributed by atoms with Crippen LogP contribution in [-0.2, 0) is 0 Å². The van der Waals surface area contributed by atoms with E-state index in [-0.39, 0.29) is 10.3 Å². The third-order valence-corrected chi connectivity index (χ3v) is 4.47. The van der Waals surface area contributed by atoms with Crippen molar-refractivity contribution in [3.05, 3.63) is 26.9 Å². The minimum atomic E-state index is 0.210. The summed E-state index contributed by atoms with van der Waals surface area (Å²) in [6.45, 7) is 0. The summed E-state index contributed by atoms with van der Waals surface area (Å²) in [7, 11) is 4.58. The fraction of sp³-hybridized carbons (Fsp3) is 0.231. The van der Waals surface area contributed by atoms with Crippen molar-refractivity contribution in [2.45, 2.75) is 0 Å². The Labute approximate surface area is 140 Å². The maximum absolute atomic E-state index is 6.02. The molecule has 0 atom stereocenters. The molecular formula is C13H11BrCl2N2O3. The van der Waals surface area contributed by atoms with E-state index in [1.165, 1.54) is 14.2 Å². The lowest BCUT2D eigenvalue weighted by Gasteiger charge is -2.15. The van der Waals surface area contributed by atoms with Crippen LogP contribution in [0.2, 0.25) is 10.3 Å². The lowest BCUT2D eigenvalue weighted by molar-refractivity contribution is 0.325. The summed E-state index contributed by atoms with van der Waals surface area (Å²) in [5.41, 5.74) is 0.589. The molecule has 0 aliphatic carbocycles. The fourth-order valence-corrected chi connectivity index (χ4v) is 2.36. The second kappa shape index (κ2) is 6.68. The molecule has 0 saturated carbocycles. The van der Waals surface area contributed by atoms with Crippen LogP contribution in [0.5, 0.6) is 17.2 Å². The highest BCUT2D eigenvalue weighted by Crippen LogP contribution is 2.44. The molecular weight excluding hydrogens is 383 g/mol. The van der Waals surface area contributed by atoms with Gasteiger partial charge in [-0.05, 0) is 28.1 Å². The van der Waals surface area contributed by atoms with Crippen molar-refractivity contribution < 1.29 is 14.2 Å². The highest BCUT2D eigenvalue weighted by atomic mass is 79.9. The smallest absolute Gasteiger partial charge is 0.204 e. The second-order valence-corrected chi connectivity index (χ2v) is 5.33. The molecule has 0 bridgehead atoms. The van der Waals surface area contributed by atoms with E-state index in [2.05, 4.69) is 25.9 Å². The first kappa shape index (κ1) is 16.1. The third-order valence-electron chi connectivity index (χ3n) is 2.72. The van der Waals surface area contributed by atoms with Gasteiger partial charge in [0.1, 0.15) is 10.3 Å². The number of methoxy groups -OCH3 is 3. The van der Waals surface area contributed by atoms with E-state index in [0.717, 1.165) is 0 Å². The number of aromatic nitrogens is 2. The normalized spacial score (nSPS) is 10.4. The molecule has 0 saturated heterocycles.